The second kappa shape index (κ2) is 6.12. The van der Waals surface area contributed by atoms with E-state index < -0.39 is 0 Å². The molecule has 0 bridgehead atoms. The van der Waals surface area contributed by atoms with Crippen LogP contribution in [0, 0.1) is 5.92 Å². The molecule has 2 saturated heterocycles. The summed E-state index contributed by atoms with van der Waals surface area (Å²) in [6.07, 6.45) is 4.15. The Morgan fingerprint density at radius 3 is 3.13 bits per heavy atom. The lowest BCUT2D eigenvalue weighted by atomic mass is 10.0. The Balaban J connectivity index is 1.65. The second-order valence-electron chi connectivity index (χ2n) is 4.85. The summed E-state index contributed by atoms with van der Waals surface area (Å²) in [5.74, 6) is 2.31. The molecular formula is C12H24N2S. The molecule has 2 fully saturated rings. The van der Waals surface area contributed by atoms with Gasteiger partial charge in [0, 0.05) is 24.1 Å². The highest BCUT2D eigenvalue weighted by atomic mass is 32.2. The normalized spacial score (nSPS) is 33.4. The quantitative estimate of drug-likeness (QED) is 0.790. The first-order valence-corrected chi connectivity index (χ1v) is 7.48. The zero-order valence-electron chi connectivity index (χ0n) is 9.87. The van der Waals surface area contributed by atoms with Gasteiger partial charge in [-0.1, -0.05) is 6.92 Å². The van der Waals surface area contributed by atoms with Crippen LogP contribution in [-0.4, -0.2) is 48.6 Å². The summed E-state index contributed by atoms with van der Waals surface area (Å²) in [6.45, 7) is 8.83. The first-order valence-electron chi connectivity index (χ1n) is 6.43. The molecule has 2 heterocycles. The fourth-order valence-corrected chi connectivity index (χ4v) is 3.81. The summed E-state index contributed by atoms with van der Waals surface area (Å²) in [6, 6.07) is 0. The van der Waals surface area contributed by atoms with Crippen molar-refractivity contribution in [2.45, 2.75) is 31.4 Å². The van der Waals surface area contributed by atoms with Crippen LogP contribution in [0.1, 0.15) is 26.2 Å². The largest absolute Gasteiger partial charge is 0.316 e. The smallest absolute Gasteiger partial charge is 0.0172 e. The van der Waals surface area contributed by atoms with Gasteiger partial charge >= 0.3 is 0 Å². The van der Waals surface area contributed by atoms with E-state index in [4.69, 9.17) is 0 Å². The Hall–Kier alpha value is 0.270. The summed E-state index contributed by atoms with van der Waals surface area (Å²) in [5.41, 5.74) is 0. The second-order valence-corrected chi connectivity index (χ2v) is 6.26. The number of hydrogen-bond donors (Lipinski definition) is 1. The summed E-state index contributed by atoms with van der Waals surface area (Å²) in [5, 5.41) is 4.36. The third-order valence-electron chi connectivity index (χ3n) is 3.69. The molecule has 0 spiro atoms. The Labute approximate surface area is 98.2 Å². The maximum absolute atomic E-state index is 3.46. The maximum Gasteiger partial charge on any atom is 0.0172 e. The predicted octanol–water partition coefficient (Wildman–Crippen LogP) is 1.81. The van der Waals surface area contributed by atoms with Gasteiger partial charge in [-0.2, -0.15) is 11.8 Å². The molecule has 0 aromatic rings. The molecule has 0 saturated carbocycles. The average molecular weight is 228 g/mol. The molecule has 2 nitrogen and oxygen atoms in total. The van der Waals surface area contributed by atoms with Crippen molar-refractivity contribution in [1.29, 1.82) is 0 Å². The molecule has 0 radical (unpaired) electrons. The van der Waals surface area contributed by atoms with Crippen LogP contribution < -0.4 is 5.32 Å². The van der Waals surface area contributed by atoms with Gasteiger partial charge in [0.2, 0.25) is 0 Å². The van der Waals surface area contributed by atoms with Crippen molar-refractivity contribution in [3.63, 3.8) is 0 Å². The van der Waals surface area contributed by atoms with Crippen LogP contribution in [0.5, 0.6) is 0 Å². The molecule has 0 aromatic carbocycles. The van der Waals surface area contributed by atoms with Crippen LogP contribution in [0.15, 0.2) is 0 Å². The van der Waals surface area contributed by atoms with Crippen molar-refractivity contribution in [1.82, 2.24) is 10.2 Å². The van der Waals surface area contributed by atoms with Crippen LogP contribution in [-0.2, 0) is 0 Å². The zero-order chi connectivity index (χ0) is 10.5. The molecule has 1 N–H and O–H groups in total. The van der Waals surface area contributed by atoms with Gasteiger partial charge in [-0.05, 0) is 44.8 Å². The van der Waals surface area contributed by atoms with Gasteiger partial charge in [-0.3, -0.25) is 0 Å². The van der Waals surface area contributed by atoms with Crippen molar-refractivity contribution in [3.05, 3.63) is 0 Å². The van der Waals surface area contributed by atoms with E-state index in [1.807, 2.05) is 0 Å². The fraction of sp³-hybridized carbons (Fsp3) is 1.00. The molecule has 2 aliphatic heterocycles. The highest BCUT2D eigenvalue weighted by molar-refractivity contribution is 8.00. The number of thioether (sulfide) groups is 1. The van der Waals surface area contributed by atoms with E-state index in [-0.39, 0.29) is 0 Å². The summed E-state index contributed by atoms with van der Waals surface area (Å²) in [7, 11) is 0. The number of hydrogen-bond acceptors (Lipinski definition) is 3. The van der Waals surface area contributed by atoms with E-state index >= 15 is 0 Å². The first kappa shape index (κ1) is 11.7. The molecule has 2 rings (SSSR count). The molecule has 15 heavy (non-hydrogen) atoms. The van der Waals surface area contributed by atoms with Gasteiger partial charge in [-0.25, -0.2) is 0 Å². The van der Waals surface area contributed by atoms with Crippen LogP contribution in [0.2, 0.25) is 0 Å². The average Bonchev–Trinajstić information content (AvgIpc) is 2.79. The molecule has 0 aromatic heterocycles. The highest BCUT2D eigenvalue weighted by Gasteiger charge is 2.20. The molecule has 88 valence electrons. The van der Waals surface area contributed by atoms with E-state index in [0.29, 0.717) is 0 Å². The zero-order valence-corrected chi connectivity index (χ0v) is 10.7. The van der Waals surface area contributed by atoms with Crippen molar-refractivity contribution in [2.24, 2.45) is 5.92 Å². The van der Waals surface area contributed by atoms with E-state index in [0.717, 1.165) is 11.2 Å². The molecular weight excluding hydrogens is 204 g/mol. The fourth-order valence-electron chi connectivity index (χ4n) is 2.56. The summed E-state index contributed by atoms with van der Waals surface area (Å²) in [4.78, 5) is 2.68. The molecule has 2 aliphatic rings. The molecule has 2 atom stereocenters. The van der Waals surface area contributed by atoms with Crippen molar-refractivity contribution >= 4 is 11.8 Å². The lowest BCUT2D eigenvalue weighted by Gasteiger charge is -2.32. The Morgan fingerprint density at radius 2 is 2.40 bits per heavy atom. The highest BCUT2D eigenvalue weighted by Crippen LogP contribution is 2.22. The van der Waals surface area contributed by atoms with Crippen molar-refractivity contribution < 1.29 is 0 Å². The minimum Gasteiger partial charge on any atom is -0.316 e. The molecule has 0 amide bonds. The van der Waals surface area contributed by atoms with Crippen molar-refractivity contribution in [2.75, 3.05) is 38.5 Å². The Morgan fingerprint density at radius 1 is 1.47 bits per heavy atom. The van der Waals surface area contributed by atoms with Crippen LogP contribution in [0.25, 0.3) is 0 Å². The van der Waals surface area contributed by atoms with E-state index in [1.165, 1.54) is 57.7 Å². The SMILES string of the molecule is CCC1CN(CCC2CCNC2)CCS1. The lowest BCUT2D eigenvalue weighted by molar-refractivity contribution is 0.261. The summed E-state index contributed by atoms with van der Waals surface area (Å²) >= 11 is 2.17. The molecule has 2 unspecified atom stereocenters. The third-order valence-corrected chi connectivity index (χ3v) is 5.07. The number of nitrogens with one attached hydrogen (secondary N) is 1. The third kappa shape index (κ3) is 3.65. The van der Waals surface area contributed by atoms with Gasteiger partial charge in [0.1, 0.15) is 0 Å². The summed E-state index contributed by atoms with van der Waals surface area (Å²) < 4.78 is 0. The standard InChI is InChI=1S/C12H24N2S/c1-2-12-10-14(7-8-15-12)6-4-11-3-5-13-9-11/h11-13H,2-10H2,1H3. The molecule has 0 aliphatic carbocycles. The van der Waals surface area contributed by atoms with Gasteiger partial charge in [0.05, 0.1) is 0 Å². The monoisotopic (exact) mass is 228 g/mol. The maximum atomic E-state index is 3.46. The number of nitrogens with zero attached hydrogens (tertiary/aromatic N) is 1. The van der Waals surface area contributed by atoms with E-state index in [2.05, 4.69) is 28.9 Å². The van der Waals surface area contributed by atoms with Crippen LogP contribution >= 0.6 is 11.8 Å². The Bertz CT molecular complexity index is 180. The van der Waals surface area contributed by atoms with E-state index in [1.54, 1.807) is 0 Å². The first-order chi connectivity index (χ1) is 7.38. The van der Waals surface area contributed by atoms with Gasteiger partial charge in [0.25, 0.3) is 0 Å². The number of rotatable bonds is 4. The van der Waals surface area contributed by atoms with Crippen molar-refractivity contribution in [3.8, 4) is 0 Å². The van der Waals surface area contributed by atoms with E-state index in [9.17, 15) is 0 Å². The van der Waals surface area contributed by atoms with Crippen LogP contribution in [0.3, 0.4) is 0 Å². The van der Waals surface area contributed by atoms with Gasteiger partial charge in [0.15, 0.2) is 0 Å². The minimum atomic E-state index is 0.903. The van der Waals surface area contributed by atoms with Crippen LogP contribution in [0.4, 0.5) is 0 Å². The lowest BCUT2D eigenvalue weighted by Crippen LogP contribution is -2.38. The Kier molecular flexibility index (Phi) is 4.79. The predicted molar refractivity (Wildman–Crippen MR) is 68.6 cm³/mol. The topological polar surface area (TPSA) is 15.3 Å². The van der Waals surface area contributed by atoms with Gasteiger partial charge < -0.3 is 10.2 Å². The van der Waals surface area contributed by atoms with Gasteiger partial charge in [-0.15, -0.1) is 0 Å². The molecule has 3 heteroatoms. The minimum absolute atomic E-state index is 0.903.